The molecule has 0 aliphatic carbocycles. The van der Waals surface area contributed by atoms with Crippen LogP contribution in [0.2, 0.25) is 0 Å². The van der Waals surface area contributed by atoms with Gasteiger partial charge in [-0.15, -0.1) is 0 Å². The monoisotopic (exact) mass is 373 g/mol. The Hall–Kier alpha value is -3.29. The first-order chi connectivity index (χ1) is 12.8. The fraction of sp³-hybridized carbons (Fsp3) is 0.158. The minimum absolute atomic E-state index is 0.130. The van der Waals surface area contributed by atoms with Gasteiger partial charge in [-0.25, -0.2) is 9.48 Å². The molecule has 0 unspecified atom stereocenters. The Morgan fingerprint density at radius 1 is 1.15 bits per heavy atom. The molecule has 5 nitrogen and oxygen atoms in total. The second-order valence-electron chi connectivity index (χ2n) is 6.19. The lowest BCUT2D eigenvalue weighted by Gasteiger charge is -2.08. The molecule has 1 aliphatic heterocycles. The maximum Gasteiger partial charge on any atom is 0.416 e. The summed E-state index contributed by atoms with van der Waals surface area (Å²) < 4.78 is 40.0. The molecule has 138 valence electrons. The largest absolute Gasteiger partial charge is 0.478 e. The summed E-state index contributed by atoms with van der Waals surface area (Å²) in [5, 5.41) is 16.9. The van der Waals surface area contributed by atoms with Crippen LogP contribution < -0.4 is 5.32 Å². The topological polar surface area (TPSA) is 67.1 Å². The maximum atomic E-state index is 12.8. The smallest absolute Gasteiger partial charge is 0.416 e. The van der Waals surface area contributed by atoms with Crippen molar-refractivity contribution in [3.8, 4) is 16.9 Å². The van der Waals surface area contributed by atoms with Crippen LogP contribution in [0.5, 0.6) is 0 Å². The number of alkyl halides is 3. The van der Waals surface area contributed by atoms with Crippen LogP contribution >= 0.6 is 0 Å². The number of carbonyl (C=O) groups is 1. The van der Waals surface area contributed by atoms with Crippen LogP contribution in [-0.2, 0) is 12.6 Å². The van der Waals surface area contributed by atoms with E-state index in [-0.39, 0.29) is 5.56 Å². The molecule has 0 bridgehead atoms. The van der Waals surface area contributed by atoms with Gasteiger partial charge >= 0.3 is 12.1 Å². The fourth-order valence-corrected chi connectivity index (χ4v) is 3.18. The molecule has 0 radical (unpaired) electrons. The van der Waals surface area contributed by atoms with E-state index in [9.17, 15) is 23.1 Å². The molecule has 0 saturated heterocycles. The number of fused-ring (bicyclic) bond motifs is 1. The second-order valence-corrected chi connectivity index (χ2v) is 6.19. The molecule has 27 heavy (non-hydrogen) atoms. The quantitative estimate of drug-likeness (QED) is 0.721. The molecule has 4 rings (SSSR count). The van der Waals surface area contributed by atoms with Crippen molar-refractivity contribution in [2.24, 2.45) is 0 Å². The first kappa shape index (κ1) is 17.1. The van der Waals surface area contributed by atoms with Crippen LogP contribution in [0.4, 0.5) is 19.0 Å². The Balaban J connectivity index is 1.80. The van der Waals surface area contributed by atoms with Gasteiger partial charge in [-0.1, -0.05) is 18.2 Å². The van der Waals surface area contributed by atoms with Gasteiger partial charge in [0, 0.05) is 17.7 Å². The lowest BCUT2D eigenvalue weighted by molar-refractivity contribution is -0.137. The minimum Gasteiger partial charge on any atom is -0.478 e. The van der Waals surface area contributed by atoms with Crippen molar-refractivity contribution in [3.63, 3.8) is 0 Å². The number of halogens is 3. The number of hydrogen-bond acceptors (Lipinski definition) is 3. The lowest BCUT2D eigenvalue weighted by atomic mass is 10.0. The molecule has 1 aromatic heterocycles. The average Bonchev–Trinajstić information content (AvgIpc) is 3.23. The maximum absolute atomic E-state index is 12.8. The van der Waals surface area contributed by atoms with Crippen molar-refractivity contribution < 1.29 is 23.1 Å². The standard InChI is InChI=1S/C19H14F3N3O2/c20-19(21,22)13-6-4-11(5-7-13)16-15-8-9-23-17(15)25(24-16)14-3-1-2-12(10-14)18(26)27/h1-7,10,23H,8-9H2,(H,26,27). The van der Waals surface area contributed by atoms with Crippen molar-refractivity contribution >= 4 is 11.8 Å². The van der Waals surface area contributed by atoms with Crippen LogP contribution in [0.15, 0.2) is 48.5 Å². The minimum atomic E-state index is -4.39. The number of benzene rings is 2. The van der Waals surface area contributed by atoms with Crippen LogP contribution in [0.1, 0.15) is 21.5 Å². The SMILES string of the molecule is O=C(O)c1cccc(-n2nc(-c3ccc(C(F)(F)F)cc3)c3c2NCC3)c1. The third-order valence-corrected chi connectivity index (χ3v) is 4.47. The molecule has 1 aliphatic rings. The fourth-order valence-electron chi connectivity index (χ4n) is 3.18. The van der Waals surface area contributed by atoms with E-state index in [0.29, 0.717) is 29.9 Å². The number of carboxylic acids is 1. The Bertz CT molecular complexity index is 1020. The van der Waals surface area contributed by atoms with E-state index in [4.69, 9.17) is 0 Å². The normalized spacial score (nSPS) is 13.3. The van der Waals surface area contributed by atoms with Gasteiger partial charge in [0.15, 0.2) is 0 Å². The highest BCUT2D eigenvalue weighted by Gasteiger charge is 2.30. The summed E-state index contributed by atoms with van der Waals surface area (Å²) in [4.78, 5) is 11.2. The summed E-state index contributed by atoms with van der Waals surface area (Å²) >= 11 is 0. The molecule has 0 atom stereocenters. The van der Waals surface area contributed by atoms with E-state index in [0.717, 1.165) is 23.5 Å². The summed E-state index contributed by atoms with van der Waals surface area (Å²) in [5.41, 5.74) is 2.05. The molecule has 2 aromatic carbocycles. The van der Waals surface area contributed by atoms with Crippen molar-refractivity contribution in [1.29, 1.82) is 0 Å². The molecule has 3 aromatic rings. The molecular weight excluding hydrogens is 359 g/mol. The number of aromatic carboxylic acids is 1. The summed E-state index contributed by atoms with van der Waals surface area (Å²) in [6, 6.07) is 11.2. The molecule has 2 N–H and O–H groups in total. The molecule has 0 fully saturated rings. The third-order valence-electron chi connectivity index (χ3n) is 4.47. The van der Waals surface area contributed by atoms with E-state index in [2.05, 4.69) is 10.4 Å². The zero-order valence-electron chi connectivity index (χ0n) is 13.9. The van der Waals surface area contributed by atoms with Crippen LogP contribution in [0.25, 0.3) is 16.9 Å². The van der Waals surface area contributed by atoms with E-state index >= 15 is 0 Å². The number of hydrogen-bond donors (Lipinski definition) is 2. The van der Waals surface area contributed by atoms with Crippen LogP contribution in [0, 0.1) is 0 Å². The predicted molar refractivity (Wildman–Crippen MR) is 93.2 cm³/mol. The number of carboxylic acid groups (broad SMARTS) is 1. The van der Waals surface area contributed by atoms with Gasteiger partial charge in [0.05, 0.1) is 22.5 Å². The number of nitrogens with one attached hydrogen (secondary N) is 1. The Labute approximate surface area is 152 Å². The Kier molecular flexibility index (Phi) is 3.91. The highest BCUT2D eigenvalue weighted by Crippen LogP contribution is 2.36. The van der Waals surface area contributed by atoms with E-state index < -0.39 is 17.7 Å². The molecule has 0 spiro atoms. The van der Waals surface area contributed by atoms with Crippen molar-refractivity contribution in [3.05, 3.63) is 65.2 Å². The van der Waals surface area contributed by atoms with Crippen molar-refractivity contribution in [2.45, 2.75) is 12.6 Å². The summed E-state index contributed by atoms with van der Waals surface area (Å²) in [6.07, 6.45) is -3.71. The van der Waals surface area contributed by atoms with Gasteiger partial charge in [-0.2, -0.15) is 18.3 Å². The first-order valence-corrected chi connectivity index (χ1v) is 8.22. The highest BCUT2D eigenvalue weighted by molar-refractivity contribution is 5.88. The van der Waals surface area contributed by atoms with E-state index in [1.807, 2.05) is 0 Å². The number of aromatic nitrogens is 2. The summed E-state index contributed by atoms with van der Waals surface area (Å²) in [6.45, 7) is 0.680. The number of nitrogens with zero attached hydrogens (tertiary/aromatic N) is 2. The summed E-state index contributed by atoms with van der Waals surface area (Å²) in [7, 11) is 0. The number of anilines is 1. The van der Waals surface area contributed by atoms with Crippen LogP contribution in [-0.4, -0.2) is 27.4 Å². The van der Waals surface area contributed by atoms with Gasteiger partial charge in [0.25, 0.3) is 0 Å². The van der Waals surface area contributed by atoms with Gasteiger partial charge in [0.2, 0.25) is 0 Å². The van der Waals surface area contributed by atoms with E-state index in [1.54, 1.807) is 16.8 Å². The van der Waals surface area contributed by atoms with Crippen molar-refractivity contribution in [2.75, 3.05) is 11.9 Å². The van der Waals surface area contributed by atoms with Crippen LogP contribution in [0.3, 0.4) is 0 Å². The predicted octanol–water partition coefficient (Wildman–Crippen LogP) is 4.22. The highest BCUT2D eigenvalue weighted by atomic mass is 19.4. The first-order valence-electron chi connectivity index (χ1n) is 8.22. The molecule has 8 heteroatoms. The Morgan fingerprint density at radius 3 is 2.56 bits per heavy atom. The Morgan fingerprint density at radius 2 is 1.89 bits per heavy atom. The van der Waals surface area contributed by atoms with E-state index in [1.165, 1.54) is 24.3 Å². The van der Waals surface area contributed by atoms with Gasteiger partial charge in [-0.05, 0) is 36.8 Å². The average molecular weight is 373 g/mol. The van der Waals surface area contributed by atoms with Crippen molar-refractivity contribution in [1.82, 2.24) is 9.78 Å². The molecular formula is C19H14F3N3O2. The second kappa shape index (κ2) is 6.15. The van der Waals surface area contributed by atoms with Gasteiger partial charge in [-0.3, -0.25) is 0 Å². The van der Waals surface area contributed by atoms with Gasteiger partial charge in [0.1, 0.15) is 5.82 Å². The molecule has 2 heterocycles. The lowest BCUT2D eigenvalue weighted by Crippen LogP contribution is -2.06. The molecule has 0 saturated carbocycles. The van der Waals surface area contributed by atoms with Gasteiger partial charge < -0.3 is 10.4 Å². The summed E-state index contributed by atoms with van der Waals surface area (Å²) in [5.74, 6) is -0.316. The molecule has 0 amide bonds. The zero-order chi connectivity index (χ0) is 19.2. The number of rotatable bonds is 3. The zero-order valence-corrected chi connectivity index (χ0v) is 13.9. The third kappa shape index (κ3) is 3.03.